The van der Waals surface area contributed by atoms with E-state index in [1.807, 2.05) is 42.5 Å². The second kappa shape index (κ2) is 9.94. The summed E-state index contributed by atoms with van der Waals surface area (Å²) in [4.78, 5) is 30.2. The summed E-state index contributed by atoms with van der Waals surface area (Å²) in [6, 6.07) is 21.7. The number of fused-ring (bicyclic) bond motifs is 1. The van der Waals surface area contributed by atoms with E-state index in [4.69, 9.17) is 16.0 Å². The monoisotopic (exact) mass is 487 g/mol. The molecule has 35 heavy (non-hydrogen) atoms. The topological polar surface area (TPSA) is 65.8 Å². The van der Waals surface area contributed by atoms with Crippen molar-refractivity contribution in [1.82, 2.24) is 4.90 Å². The Kier molecular flexibility index (Phi) is 6.57. The first-order valence-electron chi connectivity index (χ1n) is 11.7. The Morgan fingerprint density at radius 1 is 0.971 bits per heavy atom. The molecule has 1 N–H and O–H groups in total. The smallest absolute Gasteiger partial charge is 0.344 e. The third kappa shape index (κ3) is 4.81. The van der Waals surface area contributed by atoms with E-state index in [1.54, 1.807) is 30.3 Å². The average molecular weight is 488 g/mol. The molecule has 0 bridgehead atoms. The molecular weight excluding hydrogens is 462 g/mol. The number of likely N-dealkylation sites (N-methyl/N-ethyl adjacent to an activating group) is 1. The van der Waals surface area contributed by atoms with E-state index in [2.05, 4.69) is 22.0 Å². The minimum absolute atomic E-state index is 0.238. The highest BCUT2D eigenvalue weighted by molar-refractivity contribution is 6.34. The number of rotatable bonds is 5. The highest BCUT2D eigenvalue weighted by atomic mass is 35.5. The molecule has 178 valence electrons. The number of amides is 1. The Morgan fingerprint density at radius 3 is 2.46 bits per heavy atom. The first kappa shape index (κ1) is 23.1. The lowest BCUT2D eigenvalue weighted by Crippen LogP contribution is -2.46. The summed E-state index contributed by atoms with van der Waals surface area (Å²) in [6.07, 6.45) is 0. The van der Waals surface area contributed by atoms with Crippen molar-refractivity contribution < 1.29 is 9.21 Å². The van der Waals surface area contributed by atoms with Crippen molar-refractivity contribution in [3.63, 3.8) is 0 Å². The highest BCUT2D eigenvalue weighted by Crippen LogP contribution is 2.35. The molecule has 5 rings (SSSR count). The Bertz CT molecular complexity index is 1420. The third-order valence-corrected chi connectivity index (χ3v) is 6.78. The van der Waals surface area contributed by atoms with Crippen molar-refractivity contribution in [2.24, 2.45) is 0 Å². The highest BCUT2D eigenvalue weighted by Gasteiger charge is 2.21. The molecule has 2 heterocycles. The molecule has 0 saturated carbocycles. The predicted molar refractivity (Wildman–Crippen MR) is 142 cm³/mol. The molecule has 3 aromatic carbocycles. The number of hydrogen-bond acceptors (Lipinski definition) is 5. The van der Waals surface area contributed by atoms with Crippen molar-refractivity contribution in [2.45, 2.75) is 6.92 Å². The average Bonchev–Trinajstić information content (AvgIpc) is 2.88. The van der Waals surface area contributed by atoms with E-state index >= 15 is 0 Å². The lowest BCUT2D eigenvalue weighted by atomic mass is 10.0. The van der Waals surface area contributed by atoms with Crippen LogP contribution in [0.3, 0.4) is 0 Å². The van der Waals surface area contributed by atoms with Crippen molar-refractivity contribution in [3.8, 4) is 11.1 Å². The minimum atomic E-state index is -0.410. The molecule has 0 atom stereocenters. The van der Waals surface area contributed by atoms with Gasteiger partial charge in [0, 0.05) is 37.1 Å². The van der Waals surface area contributed by atoms with Gasteiger partial charge in [0.1, 0.15) is 5.58 Å². The van der Waals surface area contributed by atoms with Crippen molar-refractivity contribution in [1.29, 1.82) is 0 Å². The van der Waals surface area contributed by atoms with Crippen LogP contribution in [0.4, 0.5) is 11.4 Å². The number of nitrogens with one attached hydrogen (secondary N) is 1. The number of piperazine rings is 1. The van der Waals surface area contributed by atoms with Gasteiger partial charge in [-0.3, -0.25) is 4.79 Å². The molecular formula is C28H26ClN3O3. The van der Waals surface area contributed by atoms with Crippen molar-refractivity contribution in [3.05, 3.63) is 93.8 Å². The molecule has 0 spiro atoms. The number of para-hydroxylation sites is 2. The first-order valence-corrected chi connectivity index (χ1v) is 12.1. The van der Waals surface area contributed by atoms with Gasteiger partial charge in [0.05, 0.1) is 22.0 Å². The van der Waals surface area contributed by atoms with Gasteiger partial charge < -0.3 is 19.5 Å². The SMILES string of the molecule is CCN1CCN(c2c(Cl)cccc2NC(=O)c2ccc(-c3cc4ccccc4oc3=O)cc2)CC1. The third-order valence-electron chi connectivity index (χ3n) is 6.47. The zero-order chi connectivity index (χ0) is 24.4. The number of nitrogens with zero attached hydrogens (tertiary/aromatic N) is 2. The van der Waals surface area contributed by atoms with Crippen LogP contribution in [0.1, 0.15) is 17.3 Å². The van der Waals surface area contributed by atoms with Gasteiger partial charge in [-0.2, -0.15) is 0 Å². The van der Waals surface area contributed by atoms with E-state index in [0.29, 0.717) is 33.0 Å². The van der Waals surface area contributed by atoms with Gasteiger partial charge in [0.15, 0.2) is 0 Å². The maximum atomic E-state index is 13.1. The van der Waals surface area contributed by atoms with Crippen LogP contribution in [0, 0.1) is 0 Å². The molecule has 1 amide bonds. The van der Waals surface area contributed by atoms with Crippen LogP contribution in [-0.4, -0.2) is 43.5 Å². The quantitative estimate of drug-likeness (QED) is 0.376. The number of hydrogen-bond donors (Lipinski definition) is 1. The molecule has 4 aromatic rings. The molecule has 0 unspecified atom stereocenters. The molecule has 1 fully saturated rings. The Morgan fingerprint density at radius 2 is 1.71 bits per heavy atom. The molecule has 6 nitrogen and oxygen atoms in total. The number of halogens is 1. The van der Waals surface area contributed by atoms with Gasteiger partial charge in [0.2, 0.25) is 0 Å². The lowest BCUT2D eigenvalue weighted by Gasteiger charge is -2.36. The van der Waals surface area contributed by atoms with Gasteiger partial charge in [0.25, 0.3) is 5.91 Å². The maximum Gasteiger partial charge on any atom is 0.344 e. The standard InChI is InChI=1S/C28H26ClN3O3/c1-2-31-14-16-32(17-15-31)26-23(29)7-5-8-24(26)30-27(33)20-12-10-19(11-13-20)22-18-21-6-3-4-9-25(21)35-28(22)34/h3-13,18H,2,14-17H2,1H3,(H,30,33). The van der Waals surface area contributed by atoms with Gasteiger partial charge in [-0.25, -0.2) is 4.79 Å². The van der Waals surface area contributed by atoms with Crippen LogP contribution in [-0.2, 0) is 0 Å². The Balaban J connectivity index is 1.37. The van der Waals surface area contributed by atoms with Crippen LogP contribution >= 0.6 is 11.6 Å². The van der Waals surface area contributed by atoms with E-state index in [0.717, 1.165) is 43.8 Å². The molecule has 0 radical (unpaired) electrons. The zero-order valence-corrected chi connectivity index (χ0v) is 20.2. The van der Waals surface area contributed by atoms with E-state index in [9.17, 15) is 9.59 Å². The summed E-state index contributed by atoms with van der Waals surface area (Å²) < 4.78 is 5.44. The normalized spacial score (nSPS) is 14.3. The van der Waals surface area contributed by atoms with Crippen LogP contribution < -0.4 is 15.8 Å². The second-order valence-electron chi connectivity index (χ2n) is 8.57. The molecule has 1 aromatic heterocycles. The van der Waals surface area contributed by atoms with E-state index in [-0.39, 0.29) is 5.91 Å². The fraction of sp³-hybridized carbons (Fsp3) is 0.214. The van der Waals surface area contributed by atoms with E-state index < -0.39 is 5.63 Å². The van der Waals surface area contributed by atoms with E-state index in [1.165, 1.54) is 0 Å². The van der Waals surface area contributed by atoms with Gasteiger partial charge in [-0.15, -0.1) is 0 Å². The number of carbonyl (C=O) groups is 1. The minimum Gasteiger partial charge on any atom is -0.422 e. The van der Waals surface area contributed by atoms with Crippen LogP contribution in [0.15, 0.2) is 82.0 Å². The van der Waals surface area contributed by atoms with Crippen molar-refractivity contribution in [2.75, 3.05) is 42.9 Å². The number of benzene rings is 3. The number of anilines is 2. The summed E-state index contributed by atoms with van der Waals surface area (Å²) in [7, 11) is 0. The molecule has 1 aliphatic heterocycles. The fourth-order valence-corrected chi connectivity index (χ4v) is 4.78. The Labute approximate surface area is 208 Å². The van der Waals surface area contributed by atoms with Gasteiger partial charge >= 0.3 is 5.63 Å². The summed E-state index contributed by atoms with van der Waals surface area (Å²) in [6.45, 7) is 6.80. The van der Waals surface area contributed by atoms with Crippen LogP contribution in [0.25, 0.3) is 22.1 Å². The fourth-order valence-electron chi connectivity index (χ4n) is 4.48. The maximum absolute atomic E-state index is 13.1. The molecule has 0 aliphatic carbocycles. The number of carbonyl (C=O) groups excluding carboxylic acids is 1. The summed E-state index contributed by atoms with van der Waals surface area (Å²) >= 11 is 6.56. The summed E-state index contributed by atoms with van der Waals surface area (Å²) in [5.74, 6) is -0.238. The molecule has 7 heteroatoms. The van der Waals surface area contributed by atoms with Crippen LogP contribution in [0.5, 0.6) is 0 Å². The summed E-state index contributed by atoms with van der Waals surface area (Å²) in [5.41, 5.74) is 3.31. The predicted octanol–water partition coefficient (Wildman–Crippen LogP) is 5.51. The summed E-state index contributed by atoms with van der Waals surface area (Å²) in [5, 5.41) is 4.49. The zero-order valence-electron chi connectivity index (χ0n) is 19.5. The molecule has 1 saturated heterocycles. The largest absolute Gasteiger partial charge is 0.422 e. The van der Waals surface area contributed by atoms with Gasteiger partial charge in [-0.1, -0.05) is 54.9 Å². The lowest BCUT2D eigenvalue weighted by molar-refractivity contribution is 0.102. The Hall–Kier alpha value is -3.61. The second-order valence-corrected chi connectivity index (χ2v) is 8.98. The van der Waals surface area contributed by atoms with Crippen LogP contribution in [0.2, 0.25) is 5.02 Å². The van der Waals surface area contributed by atoms with Crippen molar-refractivity contribution >= 4 is 39.9 Å². The molecule has 1 aliphatic rings. The van der Waals surface area contributed by atoms with Gasteiger partial charge in [-0.05, 0) is 48.5 Å². The first-order chi connectivity index (χ1) is 17.0.